The van der Waals surface area contributed by atoms with Crippen LogP contribution in [0.4, 0.5) is 11.6 Å². The molecule has 4 N–H and O–H groups in total. The van der Waals surface area contributed by atoms with Crippen molar-refractivity contribution < 1.29 is 4.79 Å². The van der Waals surface area contributed by atoms with Gasteiger partial charge in [0.05, 0.1) is 0 Å². The number of nitrogen functional groups attached to an aromatic ring is 1. The summed E-state index contributed by atoms with van der Waals surface area (Å²) in [7, 11) is 3.49. The van der Waals surface area contributed by atoms with Crippen molar-refractivity contribution in [2.75, 3.05) is 31.4 Å². The number of anilines is 2. The molecular formula is C12H20N6O. The van der Waals surface area contributed by atoms with Crippen LogP contribution in [0.15, 0.2) is 6.07 Å². The molecule has 0 spiro atoms. The molecule has 0 unspecified atom stereocenters. The summed E-state index contributed by atoms with van der Waals surface area (Å²) < 4.78 is 0. The number of nitrogens with zero attached hydrogens (tertiary/aromatic N) is 3. The third-order valence-corrected chi connectivity index (χ3v) is 2.98. The maximum atomic E-state index is 11.5. The molecule has 19 heavy (non-hydrogen) atoms. The van der Waals surface area contributed by atoms with Gasteiger partial charge in [0.25, 0.3) is 0 Å². The lowest BCUT2D eigenvalue weighted by Gasteiger charge is -2.12. The predicted molar refractivity (Wildman–Crippen MR) is 73.6 cm³/mol. The smallest absolute Gasteiger partial charge is 0.223 e. The first-order chi connectivity index (χ1) is 9.10. The van der Waals surface area contributed by atoms with Gasteiger partial charge in [-0.05, 0) is 12.8 Å². The van der Waals surface area contributed by atoms with Crippen molar-refractivity contribution in [3.05, 3.63) is 11.9 Å². The van der Waals surface area contributed by atoms with E-state index in [0.29, 0.717) is 30.5 Å². The van der Waals surface area contributed by atoms with Crippen molar-refractivity contribution in [1.29, 1.82) is 0 Å². The Hall–Kier alpha value is -1.89. The summed E-state index contributed by atoms with van der Waals surface area (Å²) in [5.74, 6) is 8.05. The summed E-state index contributed by atoms with van der Waals surface area (Å²) in [5.41, 5.74) is 2.54. The van der Waals surface area contributed by atoms with E-state index in [0.717, 1.165) is 18.7 Å². The van der Waals surface area contributed by atoms with Gasteiger partial charge in [0, 0.05) is 39.0 Å². The van der Waals surface area contributed by atoms with Crippen molar-refractivity contribution in [2.45, 2.75) is 25.2 Å². The van der Waals surface area contributed by atoms with Crippen molar-refractivity contribution in [1.82, 2.24) is 14.9 Å². The summed E-state index contributed by atoms with van der Waals surface area (Å²) in [6, 6.07) is 1.74. The third kappa shape index (κ3) is 3.78. The number of nitrogens with two attached hydrogens (primary N) is 1. The van der Waals surface area contributed by atoms with Crippen LogP contribution in [-0.2, 0) is 4.79 Å². The van der Waals surface area contributed by atoms with Crippen LogP contribution in [0.2, 0.25) is 0 Å². The van der Waals surface area contributed by atoms with Crippen LogP contribution in [0.3, 0.4) is 0 Å². The first-order valence-electron chi connectivity index (χ1n) is 6.39. The van der Waals surface area contributed by atoms with Crippen LogP contribution in [0.1, 0.15) is 31.0 Å². The third-order valence-electron chi connectivity index (χ3n) is 2.98. The summed E-state index contributed by atoms with van der Waals surface area (Å²) in [4.78, 5) is 21.8. The predicted octanol–water partition coefficient (Wildman–Crippen LogP) is 0.530. The Balaban J connectivity index is 1.95. The minimum Gasteiger partial charge on any atom is -0.369 e. The molecule has 0 aliphatic heterocycles. The van der Waals surface area contributed by atoms with Crippen molar-refractivity contribution in [2.24, 2.45) is 5.84 Å². The second kappa shape index (κ2) is 5.83. The summed E-state index contributed by atoms with van der Waals surface area (Å²) in [6.07, 6.45) is 2.69. The first kappa shape index (κ1) is 13.5. The van der Waals surface area contributed by atoms with Crippen LogP contribution < -0.4 is 16.6 Å². The lowest BCUT2D eigenvalue weighted by atomic mass is 10.3. The van der Waals surface area contributed by atoms with E-state index in [1.807, 2.05) is 0 Å². The molecule has 1 aliphatic rings. The van der Waals surface area contributed by atoms with Gasteiger partial charge < -0.3 is 15.6 Å². The maximum Gasteiger partial charge on any atom is 0.223 e. The van der Waals surface area contributed by atoms with E-state index in [4.69, 9.17) is 5.84 Å². The quantitative estimate of drug-likeness (QED) is 0.512. The van der Waals surface area contributed by atoms with Crippen molar-refractivity contribution >= 4 is 17.5 Å². The molecule has 1 aliphatic carbocycles. The van der Waals surface area contributed by atoms with Gasteiger partial charge >= 0.3 is 0 Å². The van der Waals surface area contributed by atoms with Gasteiger partial charge in [0.2, 0.25) is 5.91 Å². The lowest BCUT2D eigenvalue weighted by molar-refractivity contribution is -0.128. The number of hydrogen-bond acceptors (Lipinski definition) is 6. The van der Waals surface area contributed by atoms with E-state index < -0.39 is 0 Å². The second-order valence-electron chi connectivity index (χ2n) is 4.88. The molecule has 0 aromatic carbocycles. The van der Waals surface area contributed by atoms with Gasteiger partial charge in [-0.3, -0.25) is 4.79 Å². The Kier molecular flexibility index (Phi) is 4.16. The molecule has 104 valence electrons. The Bertz CT molecular complexity index is 458. The second-order valence-corrected chi connectivity index (χ2v) is 4.88. The zero-order chi connectivity index (χ0) is 13.8. The average Bonchev–Trinajstić information content (AvgIpc) is 3.22. The molecule has 7 heteroatoms. The summed E-state index contributed by atoms with van der Waals surface area (Å²) >= 11 is 0. The van der Waals surface area contributed by atoms with E-state index in [1.54, 1.807) is 25.1 Å². The fourth-order valence-corrected chi connectivity index (χ4v) is 1.68. The number of rotatable bonds is 6. The Morgan fingerprint density at radius 2 is 2.11 bits per heavy atom. The van der Waals surface area contributed by atoms with Crippen LogP contribution in [0, 0.1) is 0 Å². The highest BCUT2D eigenvalue weighted by atomic mass is 16.2. The topological polar surface area (TPSA) is 96.2 Å². The number of aromatic nitrogens is 2. The molecule has 1 aromatic rings. The van der Waals surface area contributed by atoms with E-state index >= 15 is 0 Å². The van der Waals surface area contributed by atoms with Crippen LogP contribution in [0.5, 0.6) is 0 Å². The van der Waals surface area contributed by atoms with Crippen molar-refractivity contribution in [3.63, 3.8) is 0 Å². The fourth-order valence-electron chi connectivity index (χ4n) is 1.68. The Morgan fingerprint density at radius 3 is 2.68 bits per heavy atom. The van der Waals surface area contributed by atoms with E-state index in [2.05, 4.69) is 20.7 Å². The van der Waals surface area contributed by atoms with E-state index in [-0.39, 0.29) is 5.91 Å². The molecule has 0 radical (unpaired) electrons. The van der Waals surface area contributed by atoms with E-state index in [9.17, 15) is 4.79 Å². The zero-order valence-electron chi connectivity index (χ0n) is 11.3. The highest BCUT2D eigenvalue weighted by Crippen LogP contribution is 2.38. The van der Waals surface area contributed by atoms with Crippen LogP contribution in [-0.4, -0.2) is 41.4 Å². The molecule has 0 atom stereocenters. The zero-order valence-corrected chi connectivity index (χ0v) is 11.3. The monoisotopic (exact) mass is 264 g/mol. The fraction of sp³-hybridized carbons (Fsp3) is 0.583. The molecule has 1 saturated carbocycles. The normalized spacial score (nSPS) is 14.1. The molecule has 1 fully saturated rings. The molecule has 1 amide bonds. The molecule has 2 rings (SSSR count). The van der Waals surface area contributed by atoms with Gasteiger partial charge in [-0.1, -0.05) is 0 Å². The minimum absolute atomic E-state index is 0.0844. The SMILES string of the molecule is CN(C)C(=O)CCNc1cc(NN)nc(C2CC2)n1. The van der Waals surface area contributed by atoms with Gasteiger partial charge in [0.15, 0.2) is 0 Å². The van der Waals surface area contributed by atoms with Gasteiger partial charge in [0.1, 0.15) is 17.5 Å². The molecule has 0 bridgehead atoms. The van der Waals surface area contributed by atoms with Gasteiger partial charge in [-0.25, -0.2) is 15.8 Å². The average molecular weight is 264 g/mol. The number of hydrazine groups is 1. The molecule has 0 saturated heterocycles. The number of carbonyl (C=O) groups excluding carboxylic acids is 1. The van der Waals surface area contributed by atoms with Crippen LogP contribution >= 0.6 is 0 Å². The first-order valence-corrected chi connectivity index (χ1v) is 6.39. The molecule has 1 heterocycles. The summed E-state index contributed by atoms with van der Waals surface area (Å²) in [5, 5.41) is 3.13. The largest absolute Gasteiger partial charge is 0.369 e. The number of nitrogens with one attached hydrogen (secondary N) is 2. The lowest BCUT2D eigenvalue weighted by Crippen LogP contribution is -2.24. The van der Waals surface area contributed by atoms with E-state index in [1.165, 1.54) is 0 Å². The number of carbonyl (C=O) groups is 1. The van der Waals surface area contributed by atoms with Gasteiger partial charge in [-0.2, -0.15) is 0 Å². The minimum atomic E-state index is 0.0844. The van der Waals surface area contributed by atoms with Crippen LogP contribution in [0.25, 0.3) is 0 Å². The maximum absolute atomic E-state index is 11.5. The Labute approximate surface area is 112 Å². The number of hydrogen-bond donors (Lipinski definition) is 3. The van der Waals surface area contributed by atoms with Crippen molar-refractivity contribution in [3.8, 4) is 0 Å². The standard InChI is InChI=1S/C12H20N6O/c1-18(2)11(19)5-6-14-9-7-10(17-13)16-12(15-9)8-3-4-8/h7-8H,3-6,13H2,1-2H3,(H2,14,15,16,17). The summed E-state index contributed by atoms with van der Waals surface area (Å²) in [6.45, 7) is 0.544. The molecule has 7 nitrogen and oxygen atoms in total. The Morgan fingerprint density at radius 1 is 1.42 bits per heavy atom. The molecular weight excluding hydrogens is 244 g/mol. The van der Waals surface area contributed by atoms with Gasteiger partial charge in [-0.15, -0.1) is 0 Å². The highest BCUT2D eigenvalue weighted by Gasteiger charge is 2.27. The molecule has 1 aromatic heterocycles. The number of amides is 1. The highest BCUT2D eigenvalue weighted by molar-refractivity contribution is 5.76.